The second-order valence-corrected chi connectivity index (χ2v) is 5.81. The van der Waals surface area contributed by atoms with Gasteiger partial charge in [-0.3, -0.25) is 4.79 Å². The Labute approximate surface area is 142 Å². The zero-order valence-corrected chi connectivity index (χ0v) is 13.3. The van der Waals surface area contributed by atoms with Gasteiger partial charge in [-0.2, -0.15) is 0 Å². The Hall–Kier alpha value is -3.22. The van der Waals surface area contributed by atoms with Gasteiger partial charge in [0.15, 0.2) is 0 Å². The number of nitrogens with zero attached hydrogens (tertiary/aromatic N) is 3. The fraction of sp³-hybridized carbons (Fsp3) is 0.222. The highest BCUT2D eigenvalue weighted by Crippen LogP contribution is 2.19. The molecule has 7 heteroatoms. The van der Waals surface area contributed by atoms with E-state index in [1.165, 1.54) is 6.33 Å². The molecule has 3 heterocycles. The molecule has 0 bridgehead atoms. The lowest BCUT2D eigenvalue weighted by Gasteiger charge is -2.16. The predicted octanol–water partition coefficient (Wildman–Crippen LogP) is 1.88. The molecular weight excluding hydrogens is 322 g/mol. The van der Waals surface area contributed by atoms with Gasteiger partial charge in [-0.05, 0) is 12.1 Å². The maximum atomic E-state index is 12.7. The topological polar surface area (TPSA) is 85.5 Å². The molecule has 1 saturated heterocycles. The monoisotopic (exact) mass is 337 g/mol. The predicted molar refractivity (Wildman–Crippen MR) is 89.5 cm³/mol. The summed E-state index contributed by atoms with van der Waals surface area (Å²) in [6.45, 7) is 0.913. The second-order valence-electron chi connectivity index (χ2n) is 5.81. The van der Waals surface area contributed by atoms with Gasteiger partial charge >= 0.3 is 5.63 Å². The first-order valence-electron chi connectivity index (χ1n) is 7.95. The number of hydrogen-bond acceptors (Lipinski definition) is 6. The molecule has 1 aromatic carbocycles. The molecule has 1 fully saturated rings. The highest BCUT2D eigenvalue weighted by Gasteiger charge is 2.30. The van der Waals surface area contributed by atoms with E-state index in [1.54, 1.807) is 41.4 Å². The SMILES string of the molecule is O=C(c1cc2ccccc2oc1=O)N1CC[C@H](Oc2ccncn2)C1. The lowest BCUT2D eigenvalue weighted by atomic mass is 10.1. The van der Waals surface area contributed by atoms with Crippen molar-refractivity contribution in [2.45, 2.75) is 12.5 Å². The Kier molecular flexibility index (Phi) is 3.89. The first-order chi connectivity index (χ1) is 12.2. The van der Waals surface area contributed by atoms with Crippen molar-refractivity contribution in [2.75, 3.05) is 13.1 Å². The Morgan fingerprint density at radius 2 is 2.16 bits per heavy atom. The van der Waals surface area contributed by atoms with E-state index in [4.69, 9.17) is 9.15 Å². The molecule has 126 valence electrons. The molecule has 1 atom stereocenters. The average Bonchev–Trinajstić information content (AvgIpc) is 3.10. The Bertz CT molecular complexity index is 971. The van der Waals surface area contributed by atoms with Crippen LogP contribution in [0.3, 0.4) is 0 Å². The van der Waals surface area contributed by atoms with Gasteiger partial charge in [0.25, 0.3) is 5.91 Å². The molecule has 3 aromatic rings. The number of likely N-dealkylation sites (tertiary alicyclic amines) is 1. The molecule has 7 nitrogen and oxygen atoms in total. The second kappa shape index (κ2) is 6.35. The van der Waals surface area contributed by atoms with E-state index in [9.17, 15) is 9.59 Å². The van der Waals surface area contributed by atoms with Crippen LogP contribution in [0.4, 0.5) is 0 Å². The summed E-state index contributed by atoms with van der Waals surface area (Å²) < 4.78 is 11.0. The quantitative estimate of drug-likeness (QED) is 0.678. The summed E-state index contributed by atoms with van der Waals surface area (Å²) in [6, 6.07) is 10.4. The van der Waals surface area contributed by atoms with E-state index >= 15 is 0 Å². The summed E-state index contributed by atoms with van der Waals surface area (Å²) in [4.78, 5) is 34.3. The van der Waals surface area contributed by atoms with Crippen molar-refractivity contribution in [3.05, 3.63) is 64.9 Å². The molecule has 1 amide bonds. The third kappa shape index (κ3) is 3.08. The third-order valence-electron chi connectivity index (χ3n) is 4.15. The van der Waals surface area contributed by atoms with Crippen molar-refractivity contribution in [3.63, 3.8) is 0 Å². The standard InChI is InChI=1S/C18H15N3O4/c22-17(14-9-12-3-1-2-4-15(12)25-18(14)23)21-8-6-13(10-21)24-16-5-7-19-11-20-16/h1-5,7,9,11,13H,6,8,10H2/t13-/m0/s1. The van der Waals surface area contributed by atoms with E-state index in [1.807, 2.05) is 6.07 Å². The molecule has 0 aliphatic carbocycles. The maximum Gasteiger partial charge on any atom is 0.349 e. The van der Waals surface area contributed by atoms with Gasteiger partial charge in [-0.15, -0.1) is 0 Å². The van der Waals surface area contributed by atoms with Gasteiger partial charge in [-0.25, -0.2) is 14.8 Å². The van der Waals surface area contributed by atoms with Crippen LogP contribution >= 0.6 is 0 Å². The number of benzene rings is 1. The number of ether oxygens (including phenoxy) is 1. The molecule has 0 radical (unpaired) electrons. The fourth-order valence-corrected chi connectivity index (χ4v) is 2.91. The van der Waals surface area contributed by atoms with Gasteiger partial charge in [0, 0.05) is 30.6 Å². The van der Waals surface area contributed by atoms with Gasteiger partial charge in [-0.1, -0.05) is 18.2 Å². The smallest absolute Gasteiger partial charge is 0.349 e. The fourth-order valence-electron chi connectivity index (χ4n) is 2.91. The van der Waals surface area contributed by atoms with Crippen LogP contribution in [0.2, 0.25) is 0 Å². The van der Waals surface area contributed by atoms with Gasteiger partial charge < -0.3 is 14.1 Å². The van der Waals surface area contributed by atoms with Crippen molar-refractivity contribution in [2.24, 2.45) is 0 Å². The van der Waals surface area contributed by atoms with Crippen molar-refractivity contribution in [1.82, 2.24) is 14.9 Å². The number of para-hydroxylation sites is 1. The number of fused-ring (bicyclic) bond motifs is 1. The van der Waals surface area contributed by atoms with Crippen LogP contribution in [-0.4, -0.2) is 40.0 Å². The normalized spacial score (nSPS) is 17.0. The van der Waals surface area contributed by atoms with Crippen LogP contribution in [0.5, 0.6) is 5.88 Å². The number of rotatable bonds is 3. The summed E-state index contributed by atoms with van der Waals surface area (Å²) in [5.74, 6) is 0.132. The van der Waals surface area contributed by atoms with E-state index in [2.05, 4.69) is 9.97 Å². The van der Waals surface area contributed by atoms with Crippen LogP contribution in [0, 0.1) is 0 Å². The minimum absolute atomic E-state index is 0.0430. The third-order valence-corrected chi connectivity index (χ3v) is 4.15. The van der Waals surface area contributed by atoms with Gasteiger partial charge in [0.1, 0.15) is 23.6 Å². The molecule has 25 heavy (non-hydrogen) atoms. The average molecular weight is 337 g/mol. The number of aromatic nitrogens is 2. The van der Waals surface area contributed by atoms with E-state index < -0.39 is 5.63 Å². The lowest BCUT2D eigenvalue weighted by molar-refractivity contribution is 0.0767. The Morgan fingerprint density at radius 1 is 1.28 bits per heavy atom. The molecule has 4 rings (SSSR count). The molecule has 0 unspecified atom stereocenters. The van der Waals surface area contributed by atoms with Gasteiger partial charge in [0.2, 0.25) is 5.88 Å². The molecule has 1 aliphatic rings. The van der Waals surface area contributed by atoms with E-state index in [0.717, 1.165) is 5.39 Å². The first kappa shape index (κ1) is 15.3. The van der Waals surface area contributed by atoms with E-state index in [-0.39, 0.29) is 17.6 Å². The summed E-state index contributed by atoms with van der Waals surface area (Å²) in [7, 11) is 0. The molecule has 0 N–H and O–H groups in total. The summed E-state index contributed by atoms with van der Waals surface area (Å²) >= 11 is 0. The largest absolute Gasteiger partial charge is 0.472 e. The molecule has 1 aliphatic heterocycles. The van der Waals surface area contributed by atoms with Crippen LogP contribution in [0.15, 0.2) is 58.1 Å². The maximum absolute atomic E-state index is 12.7. The van der Waals surface area contributed by atoms with Crippen LogP contribution < -0.4 is 10.4 Å². The molecule has 0 spiro atoms. The highest BCUT2D eigenvalue weighted by atomic mass is 16.5. The zero-order chi connectivity index (χ0) is 17.2. The molecular formula is C18H15N3O4. The summed E-state index contributed by atoms with van der Waals surface area (Å²) in [6.07, 6.45) is 3.52. The summed E-state index contributed by atoms with van der Waals surface area (Å²) in [5, 5.41) is 0.721. The van der Waals surface area contributed by atoms with Crippen LogP contribution in [0.25, 0.3) is 11.0 Å². The molecule has 2 aromatic heterocycles. The zero-order valence-electron chi connectivity index (χ0n) is 13.3. The molecule has 0 saturated carbocycles. The first-order valence-corrected chi connectivity index (χ1v) is 7.95. The summed E-state index contributed by atoms with van der Waals surface area (Å²) in [5.41, 5.74) is -0.110. The van der Waals surface area contributed by atoms with Crippen molar-refractivity contribution in [1.29, 1.82) is 0 Å². The number of carbonyl (C=O) groups is 1. The van der Waals surface area contributed by atoms with Crippen LogP contribution in [-0.2, 0) is 0 Å². The Balaban J connectivity index is 1.52. The number of hydrogen-bond donors (Lipinski definition) is 0. The van der Waals surface area contributed by atoms with Crippen molar-refractivity contribution >= 4 is 16.9 Å². The number of carbonyl (C=O) groups excluding carboxylic acids is 1. The van der Waals surface area contributed by atoms with Crippen molar-refractivity contribution in [3.8, 4) is 5.88 Å². The Morgan fingerprint density at radius 3 is 3.00 bits per heavy atom. The van der Waals surface area contributed by atoms with Crippen molar-refractivity contribution < 1.29 is 13.9 Å². The number of amides is 1. The van der Waals surface area contributed by atoms with Crippen LogP contribution in [0.1, 0.15) is 16.8 Å². The minimum Gasteiger partial charge on any atom is -0.472 e. The highest BCUT2D eigenvalue weighted by molar-refractivity contribution is 5.96. The lowest BCUT2D eigenvalue weighted by Crippen LogP contribution is -2.33. The minimum atomic E-state index is -0.621. The van der Waals surface area contributed by atoms with Gasteiger partial charge in [0.05, 0.1) is 6.54 Å². The van der Waals surface area contributed by atoms with E-state index in [0.29, 0.717) is 31.0 Å².